The van der Waals surface area contributed by atoms with Crippen LogP contribution in [0.5, 0.6) is 0 Å². The van der Waals surface area contributed by atoms with Crippen LogP contribution in [0.25, 0.3) is 0 Å². The Balaban J connectivity index is 1.95. The summed E-state index contributed by atoms with van der Waals surface area (Å²) in [6, 6.07) is 5.43. The zero-order chi connectivity index (χ0) is 23.8. The van der Waals surface area contributed by atoms with Gasteiger partial charge in [0, 0.05) is 12.0 Å². The molecule has 0 heterocycles. The number of rotatable bonds is 5. The van der Waals surface area contributed by atoms with Gasteiger partial charge in [-0.2, -0.15) is 25.8 Å². The highest BCUT2D eigenvalue weighted by Gasteiger charge is 2.55. The van der Waals surface area contributed by atoms with Crippen molar-refractivity contribution in [1.29, 1.82) is 0 Å². The van der Waals surface area contributed by atoms with Crippen molar-refractivity contribution < 1.29 is 32.3 Å². The molecular weight excluding hydrogens is 493 g/mol. The molecule has 1 aliphatic rings. The molecule has 0 saturated carbocycles. The van der Waals surface area contributed by atoms with E-state index in [0.29, 0.717) is 30.4 Å². The number of aryl methyl sites for hydroxylation is 1. The van der Waals surface area contributed by atoms with Crippen LogP contribution in [0.15, 0.2) is 30.3 Å². The van der Waals surface area contributed by atoms with Crippen LogP contribution >= 0.6 is 35.8 Å². The lowest BCUT2D eigenvalue weighted by Crippen LogP contribution is -2.39. The number of nitrogens with one attached hydrogen (secondary N) is 1. The van der Waals surface area contributed by atoms with E-state index in [1.54, 1.807) is 6.07 Å². The maximum atomic E-state index is 14.0. The molecule has 0 spiro atoms. The molecule has 1 amide bonds. The average Bonchev–Trinajstić information content (AvgIpc) is 2.70. The fourth-order valence-electron chi connectivity index (χ4n) is 3.78. The molecule has 2 N–H and O–H groups in total. The first-order valence-corrected chi connectivity index (χ1v) is 10.6. The maximum absolute atomic E-state index is 14.0. The number of hydrogen-bond donors (Lipinski definition) is 3. The average molecular weight is 510 g/mol. The van der Waals surface area contributed by atoms with Gasteiger partial charge in [0.1, 0.15) is 4.75 Å². The monoisotopic (exact) mass is 509 g/mol. The Bertz CT molecular complexity index is 1060. The van der Waals surface area contributed by atoms with Crippen LogP contribution in [-0.2, 0) is 11.2 Å². The molecule has 2 atom stereocenters. The Kier molecular flexibility index (Phi) is 7.02. The lowest BCUT2D eigenvalue weighted by atomic mass is 9.84. The number of hydrogen-bond acceptors (Lipinski definition) is 3. The van der Waals surface area contributed by atoms with E-state index in [-0.39, 0.29) is 5.56 Å². The van der Waals surface area contributed by atoms with E-state index in [1.165, 1.54) is 12.1 Å². The van der Waals surface area contributed by atoms with Gasteiger partial charge in [-0.05, 0) is 54.2 Å². The Morgan fingerprint density at radius 3 is 2.34 bits per heavy atom. The summed E-state index contributed by atoms with van der Waals surface area (Å²) in [7, 11) is 0. The van der Waals surface area contributed by atoms with Gasteiger partial charge in [0.2, 0.25) is 0 Å². The summed E-state index contributed by atoms with van der Waals surface area (Å²) in [5, 5.41) is 10.1. The van der Waals surface area contributed by atoms with Crippen LogP contribution in [0.1, 0.15) is 52.4 Å². The van der Waals surface area contributed by atoms with Crippen molar-refractivity contribution in [2.24, 2.45) is 0 Å². The number of ketones is 1. The highest BCUT2D eigenvalue weighted by molar-refractivity contribution is 7.81. The van der Waals surface area contributed by atoms with E-state index in [9.17, 15) is 27.2 Å². The predicted molar refractivity (Wildman–Crippen MR) is 115 cm³/mol. The summed E-state index contributed by atoms with van der Waals surface area (Å²) < 4.78 is 52.8. The first-order chi connectivity index (χ1) is 14.8. The summed E-state index contributed by atoms with van der Waals surface area (Å²) in [5.41, 5.74) is 0.842. The molecule has 3 rings (SSSR count). The molecule has 2 unspecified atom stereocenters. The number of benzene rings is 2. The summed E-state index contributed by atoms with van der Waals surface area (Å²) in [6.07, 6.45) is -5.46. The zero-order valence-electron chi connectivity index (χ0n) is 16.3. The maximum Gasteiger partial charge on any atom is 0.407 e. The number of halogens is 6. The van der Waals surface area contributed by atoms with Crippen molar-refractivity contribution in [2.75, 3.05) is 0 Å². The minimum absolute atomic E-state index is 0.0294. The number of alkyl halides is 3. The Hall–Kier alpha value is -1.97. The van der Waals surface area contributed by atoms with Gasteiger partial charge in [0.15, 0.2) is 11.6 Å². The molecule has 0 fully saturated rings. The van der Waals surface area contributed by atoms with E-state index in [1.807, 2.05) is 0 Å². The van der Waals surface area contributed by atoms with Crippen LogP contribution in [0.2, 0.25) is 10.0 Å². The van der Waals surface area contributed by atoms with Crippen LogP contribution in [-0.4, -0.2) is 23.2 Å². The highest BCUT2D eigenvalue weighted by Crippen LogP contribution is 2.49. The predicted octanol–water partition coefficient (Wildman–Crippen LogP) is 6.74. The number of thiol groups is 1. The second-order valence-electron chi connectivity index (χ2n) is 7.52. The van der Waals surface area contributed by atoms with Gasteiger partial charge in [-0.3, -0.25) is 4.79 Å². The summed E-state index contributed by atoms with van der Waals surface area (Å²) in [4.78, 5) is 23.8. The molecule has 0 aromatic heterocycles. The summed E-state index contributed by atoms with van der Waals surface area (Å²) in [6.45, 7) is 0. The number of carboxylic acid groups (broad SMARTS) is 1. The molecule has 32 heavy (non-hydrogen) atoms. The number of Topliss-reactive ketones (excluding diaryl/α,β-unsaturated/α-hetero) is 1. The third-order valence-electron chi connectivity index (χ3n) is 5.42. The van der Waals surface area contributed by atoms with Crippen molar-refractivity contribution in [3.63, 3.8) is 0 Å². The largest absolute Gasteiger partial charge is 0.465 e. The SMILES string of the molecule is O=C(O)NC1CCCc2cc(C(=O)CC(S)(c3cc(Cl)c(F)c(Cl)c3)C(F)(F)F)ccc21. The van der Waals surface area contributed by atoms with Gasteiger partial charge in [-0.15, -0.1) is 0 Å². The molecule has 4 nitrogen and oxygen atoms in total. The lowest BCUT2D eigenvalue weighted by Gasteiger charge is -2.31. The molecule has 0 saturated heterocycles. The first kappa shape index (κ1) is 24.7. The van der Waals surface area contributed by atoms with Crippen molar-refractivity contribution in [3.8, 4) is 0 Å². The normalized spacial score (nSPS) is 17.9. The van der Waals surface area contributed by atoms with Gasteiger partial charge in [-0.25, -0.2) is 9.18 Å². The minimum atomic E-state index is -4.99. The van der Waals surface area contributed by atoms with Gasteiger partial charge < -0.3 is 10.4 Å². The van der Waals surface area contributed by atoms with Gasteiger partial charge in [-0.1, -0.05) is 35.3 Å². The fraction of sp³-hybridized carbons (Fsp3) is 0.333. The molecule has 0 bridgehead atoms. The number of carbonyl (C=O) groups excluding carboxylic acids is 1. The molecule has 0 aliphatic heterocycles. The van der Waals surface area contributed by atoms with E-state index >= 15 is 0 Å². The molecule has 172 valence electrons. The van der Waals surface area contributed by atoms with Crippen molar-refractivity contribution in [3.05, 3.63) is 68.4 Å². The Morgan fingerprint density at radius 1 is 1.16 bits per heavy atom. The number of carbonyl (C=O) groups is 2. The van der Waals surface area contributed by atoms with Crippen molar-refractivity contribution in [1.82, 2.24) is 5.32 Å². The second kappa shape index (κ2) is 9.11. The third-order valence-corrected chi connectivity index (χ3v) is 6.64. The third kappa shape index (κ3) is 4.84. The molecule has 2 aromatic carbocycles. The summed E-state index contributed by atoms with van der Waals surface area (Å²) >= 11 is 15.1. The molecule has 0 radical (unpaired) electrons. The van der Waals surface area contributed by atoms with Crippen molar-refractivity contribution >= 4 is 47.7 Å². The molecular formula is C21H17Cl2F4NO3S. The molecule has 1 aliphatic carbocycles. The standard InChI is InChI=1S/C21H17Cl2F4NO3S/c22-14-7-12(8-15(23)18(14)24)20(32,21(25,26)27)9-17(29)11-4-5-13-10(6-11)2-1-3-16(13)28-19(30)31/h4-8,16,28,32H,1-3,9H2,(H,30,31). The van der Waals surface area contributed by atoms with Crippen molar-refractivity contribution in [2.45, 2.75) is 42.6 Å². The highest BCUT2D eigenvalue weighted by atomic mass is 35.5. The quantitative estimate of drug-likeness (QED) is 0.181. The minimum Gasteiger partial charge on any atom is -0.465 e. The first-order valence-electron chi connectivity index (χ1n) is 9.43. The van der Waals surface area contributed by atoms with Crippen LogP contribution < -0.4 is 5.32 Å². The smallest absolute Gasteiger partial charge is 0.407 e. The molecule has 11 heteroatoms. The Labute approximate surface area is 196 Å². The second-order valence-corrected chi connectivity index (χ2v) is 9.10. The van der Waals surface area contributed by atoms with E-state index < -0.39 is 56.7 Å². The van der Waals surface area contributed by atoms with Crippen LogP contribution in [0.3, 0.4) is 0 Å². The molecule has 2 aromatic rings. The Morgan fingerprint density at radius 2 is 1.78 bits per heavy atom. The van der Waals surface area contributed by atoms with Gasteiger partial charge >= 0.3 is 12.3 Å². The van der Waals surface area contributed by atoms with Gasteiger partial charge in [0.05, 0.1) is 16.1 Å². The van der Waals surface area contributed by atoms with Crippen LogP contribution in [0.4, 0.5) is 22.4 Å². The van der Waals surface area contributed by atoms with Gasteiger partial charge in [0.25, 0.3) is 0 Å². The number of amides is 1. The fourth-order valence-corrected chi connectivity index (χ4v) is 4.54. The van der Waals surface area contributed by atoms with E-state index in [0.717, 1.165) is 12.1 Å². The topological polar surface area (TPSA) is 66.4 Å². The van der Waals surface area contributed by atoms with Crippen LogP contribution in [0, 0.1) is 5.82 Å². The number of fused-ring (bicyclic) bond motifs is 1. The van der Waals surface area contributed by atoms with E-state index in [4.69, 9.17) is 28.3 Å². The van der Waals surface area contributed by atoms with E-state index in [2.05, 4.69) is 17.9 Å². The lowest BCUT2D eigenvalue weighted by molar-refractivity contribution is -0.160. The zero-order valence-corrected chi connectivity index (χ0v) is 18.7. The summed E-state index contributed by atoms with van der Waals surface area (Å²) in [5.74, 6) is -1.91.